The number of rotatable bonds is 5. The number of nitrogens with zero attached hydrogens (tertiary/aromatic N) is 1. The number of hydrogen-bond donors (Lipinski definition) is 2. The molecule has 1 aromatic heterocycles. The van der Waals surface area contributed by atoms with Gasteiger partial charge in [0.05, 0.1) is 4.90 Å². The fourth-order valence-electron chi connectivity index (χ4n) is 2.16. The van der Waals surface area contributed by atoms with Crippen LogP contribution in [-0.4, -0.2) is 20.4 Å². The SMILES string of the molecule is CNCc1cc(S(=O)(=O)Nc2ccccn2)c(C)cc1C. The maximum Gasteiger partial charge on any atom is 0.263 e. The molecule has 2 aromatic rings. The Morgan fingerprint density at radius 2 is 1.90 bits per heavy atom. The van der Waals surface area contributed by atoms with E-state index in [0.29, 0.717) is 12.4 Å². The molecule has 0 aliphatic rings. The molecule has 0 aliphatic carbocycles. The van der Waals surface area contributed by atoms with Gasteiger partial charge in [-0.3, -0.25) is 4.72 Å². The molecule has 0 bridgehead atoms. The zero-order chi connectivity index (χ0) is 15.5. The Morgan fingerprint density at radius 3 is 2.52 bits per heavy atom. The third-order valence-electron chi connectivity index (χ3n) is 3.19. The fourth-order valence-corrected chi connectivity index (χ4v) is 3.45. The lowest BCUT2D eigenvalue weighted by Crippen LogP contribution is -2.16. The molecule has 2 rings (SSSR count). The van der Waals surface area contributed by atoms with Gasteiger partial charge in [-0.15, -0.1) is 0 Å². The second kappa shape index (κ2) is 6.24. The molecule has 0 saturated heterocycles. The minimum atomic E-state index is -3.64. The van der Waals surface area contributed by atoms with Crippen LogP contribution in [0.5, 0.6) is 0 Å². The van der Waals surface area contributed by atoms with Crippen molar-refractivity contribution >= 4 is 15.8 Å². The van der Waals surface area contributed by atoms with Gasteiger partial charge in [0.1, 0.15) is 5.82 Å². The first-order valence-electron chi connectivity index (χ1n) is 6.62. The molecule has 1 heterocycles. The summed E-state index contributed by atoms with van der Waals surface area (Å²) in [7, 11) is -1.81. The Kier molecular flexibility index (Phi) is 4.59. The Bertz CT molecular complexity index is 728. The highest BCUT2D eigenvalue weighted by Crippen LogP contribution is 2.22. The molecular weight excluding hydrogens is 286 g/mol. The first kappa shape index (κ1) is 15.5. The van der Waals surface area contributed by atoms with E-state index >= 15 is 0 Å². The Morgan fingerprint density at radius 1 is 1.14 bits per heavy atom. The van der Waals surface area contributed by atoms with E-state index in [2.05, 4.69) is 15.0 Å². The summed E-state index contributed by atoms with van der Waals surface area (Å²) in [6, 6.07) is 8.70. The summed E-state index contributed by atoms with van der Waals surface area (Å²) in [6.45, 7) is 4.39. The van der Waals surface area contributed by atoms with Gasteiger partial charge in [0.15, 0.2) is 0 Å². The highest BCUT2D eigenvalue weighted by Gasteiger charge is 2.19. The molecule has 0 unspecified atom stereocenters. The van der Waals surface area contributed by atoms with Gasteiger partial charge in [0.2, 0.25) is 0 Å². The maximum absolute atomic E-state index is 12.5. The Balaban J connectivity index is 2.42. The Labute approximate surface area is 125 Å². The summed E-state index contributed by atoms with van der Waals surface area (Å²) in [5.74, 6) is 0.313. The molecule has 0 spiro atoms. The number of aryl methyl sites for hydroxylation is 2. The van der Waals surface area contributed by atoms with Crippen LogP contribution in [0.25, 0.3) is 0 Å². The zero-order valence-electron chi connectivity index (χ0n) is 12.3. The predicted molar refractivity (Wildman–Crippen MR) is 83.7 cm³/mol. The molecule has 0 aliphatic heterocycles. The van der Waals surface area contributed by atoms with Crippen LogP contribution < -0.4 is 10.0 Å². The van der Waals surface area contributed by atoms with Crippen LogP contribution >= 0.6 is 0 Å². The number of benzene rings is 1. The van der Waals surface area contributed by atoms with Crippen molar-refractivity contribution in [1.82, 2.24) is 10.3 Å². The average Bonchev–Trinajstić information content (AvgIpc) is 2.42. The van der Waals surface area contributed by atoms with Gasteiger partial charge >= 0.3 is 0 Å². The summed E-state index contributed by atoms with van der Waals surface area (Å²) in [6.07, 6.45) is 1.55. The van der Waals surface area contributed by atoms with Crippen LogP contribution in [0.2, 0.25) is 0 Å². The molecule has 6 heteroatoms. The van der Waals surface area contributed by atoms with E-state index in [9.17, 15) is 8.42 Å². The number of hydrogen-bond acceptors (Lipinski definition) is 4. The zero-order valence-corrected chi connectivity index (χ0v) is 13.2. The molecule has 0 radical (unpaired) electrons. The number of sulfonamides is 1. The molecular formula is C15H19N3O2S. The second-order valence-corrected chi connectivity index (χ2v) is 6.55. The summed E-state index contributed by atoms with van der Waals surface area (Å²) in [4.78, 5) is 4.27. The van der Waals surface area contributed by atoms with Crippen molar-refractivity contribution in [2.24, 2.45) is 0 Å². The smallest absolute Gasteiger partial charge is 0.263 e. The van der Waals surface area contributed by atoms with E-state index in [4.69, 9.17) is 0 Å². The highest BCUT2D eigenvalue weighted by molar-refractivity contribution is 7.92. The number of aromatic nitrogens is 1. The molecule has 0 amide bonds. The normalized spacial score (nSPS) is 11.4. The van der Waals surface area contributed by atoms with Crippen LogP contribution in [-0.2, 0) is 16.6 Å². The van der Waals surface area contributed by atoms with Crippen molar-refractivity contribution in [2.75, 3.05) is 11.8 Å². The minimum absolute atomic E-state index is 0.281. The van der Waals surface area contributed by atoms with E-state index in [0.717, 1.165) is 16.7 Å². The summed E-state index contributed by atoms with van der Waals surface area (Å²) in [5, 5.41) is 3.05. The lowest BCUT2D eigenvalue weighted by atomic mass is 10.1. The van der Waals surface area contributed by atoms with Crippen LogP contribution in [0.4, 0.5) is 5.82 Å². The standard InChI is InChI=1S/C15H19N3O2S/c1-11-8-12(2)14(9-13(11)10-16-3)21(19,20)18-15-6-4-5-7-17-15/h4-9,16H,10H2,1-3H3,(H,17,18). The van der Waals surface area contributed by atoms with Crippen molar-refractivity contribution < 1.29 is 8.42 Å². The minimum Gasteiger partial charge on any atom is -0.316 e. The summed E-state index contributed by atoms with van der Waals surface area (Å²) >= 11 is 0. The molecule has 0 atom stereocenters. The topological polar surface area (TPSA) is 71.1 Å². The number of pyridine rings is 1. The molecule has 21 heavy (non-hydrogen) atoms. The van der Waals surface area contributed by atoms with Crippen molar-refractivity contribution in [1.29, 1.82) is 0 Å². The van der Waals surface area contributed by atoms with Crippen LogP contribution in [0, 0.1) is 13.8 Å². The highest BCUT2D eigenvalue weighted by atomic mass is 32.2. The van der Waals surface area contributed by atoms with Gasteiger partial charge in [0.25, 0.3) is 10.0 Å². The first-order valence-corrected chi connectivity index (χ1v) is 8.11. The van der Waals surface area contributed by atoms with Gasteiger partial charge in [-0.25, -0.2) is 13.4 Å². The van der Waals surface area contributed by atoms with Gasteiger partial charge in [-0.1, -0.05) is 12.1 Å². The largest absolute Gasteiger partial charge is 0.316 e. The van der Waals surface area contributed by atoms with Gasteiger partial charge in [0, 0.05) is 12.7 Å². The number of anilines is 1. The second-order valence-electron chi connectivity index (χ2n) is 4.89. The molecule has 0 fully saturated rings. The van der Waals surface area contributed by atoms with E-state index in [1.165, 1.54) is 0 Å². The van der Waals surface area contributed by atoms with Gasteiger partial charge in [-0.2, -0.15) is 0 Å². The molecule has 112 valence electrons. The average molecular weight is 305 g/mol. The molecule has 1 aromatic carbocycles. The quantitative estimate of drug-likeness (QED) is 0.888. The van der Waals surface area contributed by atoms with Crippen LogP contribution in [0.15, 0.2) is 41.4 Å². The van der Waals surface area contributed by atoms with Gasteiger partial charge in [-0.05, 0) is 55.8 Å². The lowest BCUT2D eigenvalue weighted by molar-refractivity contribution is 0.600. The van der Waals surface area contributed by atoms with E-state index < -0.39 is 10.0 Å². The van der Waals surface area contributed by atoms with Crippen LogP contribution in [0.1, 0.15) is 16.7 Å². The van der Waals surface area contributed by atoms with Crippen molar-refractivity contribution in [3.05, 3.63) is 53.2 Å². The summed E-state index contributed by atoms with van der Waals surface area (Å²) < 4.78 is 27.5. The Hall–Kier alpha value is -1.92. The maximum atomic E-state index is 12.5. The third-order valence-corrected chi connectivity index (χ3v) is 4.69. The summed E-state index contributed by atoms with van der Waals surface area (Å²) in [5.41, 5.74) is 2.75. The van der Waals surface area contributed by atoms with Gasteiger partial charge < -0.3 is 5.32 Å². The van der Waals surface area contributed by atoms with Crippen molar-refractivity contribution in [3.63, 3.8) is 0 Å². The van der Waals surface area contributed by atoms with Crippen molar-refractivity contribution in [3.8, 4) is 0 Å². The van der Waals surface area contributed by atoms with E-state index in [1.807, 2.05) is 20.0 Å². The predicted octanol–water partition coefficient (Wildman–Crippen LogP) is 2.22. The fraction of sp³-hybridized carbons (Fsp3) is 0.267. The van der Waals surface area contributed by atoms with E-state index in [-0.39, 0.29) is 4.90 Å². The lowest BCUT2D eigenvalue weighted by Gasteiger charge is -2.13. The molecule has 0 saturated carbocycles. The molecule has 2 N–H and O–H groups in total. The molecule has 5 nitrogen and oxygen atoms in total. The monoisotopic (exact) mass is 305 g/mol. The van der Waals surface area contributed by atoms with Crippen LogP contribution in [0.3, 0.4) is 0 Å². The first-order chi connectivity index (χ1) is 9.94. The third kappa shape index (κ3) is 3.59. The van der Waals surface area contributed by atoms with Crippen molar-refractivity contribution in [2.45, 2.75) is 25.3 Å². The van der Waals surface area contributed by atoms with E-state index in [1.54, 1.807) is 37.4 Å². The number of nitrogens with one attached hydrogen (secondary N) is 2.